The summed E-state index contributed by atoms with van der Waals surface area (Å²) in [5, 5.41) is 0. The maximum atomic E-state index is 13.0. The largest absolute Gasteiger partial charge is 0.521 e. The first kappa shape index (κ1) is 38.6. The molecule has 0 heterocycles. The Balaban J connectivity index is 6.49. The Kier molecular flexibility index (Phi) is 16.6. The third kappa shape index (κ3) is 15.6. The zero-order chi connectivity index (χ0) is 34.1. The molecule has 0 saturated heterocycles. The summed E-state index contributed by atoms with van der Waals surface area (Å²) in [4.78, 5) is 34.8. The SMILES string of the molecule is C=C(/C=C\C(=C)/C(C)=C(/C=C(/C(=C)/C=C\C(=C)OC(=O)C(=C)C)C(C)OC=C(F)F)OC=C(F)F)OC(=O)OC(=O)C(=C)C. The molecule has 236 valence electrons. The van der Waals surface area contributed by atoms with Crippen molar-refractivity contribution in [1.82, 2.24) is 0 Å². The summed E-state index contributed by atoms with van der Waals surface area (Å²) in [7, 11) is 0. The molecule has 1 unspecified atom stereocenters. The number of rotatable bonds is 16. The van der Waals surface area contributed by atoms with E-state index in [1.807, 2.05) is 0 Å². The van der Waals surface area contributed by atoms with E-state index in [9.17, 15) is 31.9 Å². The lowest BCUT2D eigenvalue weighted by molar-refractivity contribution is -0.135. The van der Waals surface area contributed by atoms with E-state index < -0.39 is 36.4 Å². The van der Waals surface area contributed by atoms with Gasteiger partial charge >= 0.3 is 30.3 Å². The first-order chi connectivity index (χ1) is 20.3. The number of esters is 2. The van der Waals surface area contributed by atoms with Crippen molar-refractivity contribution in [3.05, 3.63) is 145 Å². The van der Waals surface area contributed by atoms with E-state index in [2.05, 4.69) is 44.2 Å². The minimum absolute atomic E-state index is 0.0455. The van der Waals surface area contributed by atoms with Gasteiger partial charge in [-0.15, -0.1) is 0 Å². The molecule has 12 heteroatoms. The molecule has 0 aliphatic rings. The average molecular weight is 621 g/mol. The molecule has 1 atom stereocenters. The monoisotopic (exact) mass is 620 g/mol. The first-order valence-corrected chi connectivity index (χ1v) is 12.2. The molecule has 0 N–H and O–H groups in total. The molecule has 0 amide bonds. The standard InChI is InChI=1S/C32H32F4O8/c1-18(2)30(37)42-22(7)14-12-21(6)26(25(10)40-16-28(33)34)15-27(41-17-29(35)36)24(9)20(5)11-13-23(8)43-32(39)44-31(38)19(3)4/h11-17,25H,1,3,5-8H2,2,4,9-10H3/b13-11-,14-12-,26-15-,27-24-. The van der Waals surface area contributed by atoms with Crippen molar-refractivity contribution in [2.24, 2.45) is 0 Å². The van der Waals surface area contributed by atoms with Crippen LogP contribution in [0.1, 0.15) is 27.7 Å². The molecule has 0 bridgehead atoms. The predicted octanol–water partition coefficient (Wildman–Crippen LogP) is 8.71. The Morgan fingerprint density at radius 3 is 1.64 bits per heavy atom. The number of allylic oxidation sites excluding steroid dienone is 7. The van der Waals surface area contributed by atoms with Gasteiger partial charge in [0, 0.05) is 16.7 Å². The third-order valence-electron chi connectivity index (χ3n) is 4.83. The third-order valence-corrected chi connectivity index (χ3v) is 4.83. The van der Waals surface area contributed by atoms with Gasteiger partial charge in [0.15, 0.2) is 6.26 Å². The summed E-state index contributed by atoms with van der Waals surface area (Å²) >= 11 is 0. The van der Waals surface area contributed by atoms with Crippen molar-refractivity contribution in [3.8, 4) is 0 Å². The number of ether oxygens (including phenoxy) is 5. The van der Waals surface area contributed by atoms with Crippen molar-refractivity contribution < 1.29 is 55.6 Å². The highest BCUT2D eigenvalue weighted by Gasteiger charge is 2.16. The molecular weight excluding hydrogens is 588 g/mol. The fourth-order valence-electron chi connectivity index (χ4n) is 2.51. The molecule has 0 aromatic heterocycles. The van der Waals surface area contributed by atoms with Gasteiger partial charge in [0.1, 0.15) is 29.6 Å². The molecule has 0 spiro atoms. The van der Waals surface area contributed by atoms with E-state index >= 15 is 0 Å². The van der Waals surface area contributed by atoms with Crippen LogP contribution >= 0.6 is 0 Å². The average Bonchev–Trinajstić information content (AvgIpc) is 2.92. The minimum atomic E-state index is -2.20. The lowest BCUT2D eigenvalue weighted by Crippen LogP contribution is -2.13. The van der Waals surface area contributed by atoms with Crippen LogP contribution in [0.15, 0.2) is 145 Å². The topological polar surface area (TPSA) is 97.4 Å². The quantitative estimate of drug-likeness (QED) is 0.0422. The van der Waals surface area contributed by atoms with Gasteiger partial charge in [-0.25, -0.2) is 14.4 Å². The summed E-state index contributed by atoms with van der Waals surface area (Å²) < 4.78 is 75.6. The second-order valence-electron chi connectivity index (χ2n) is 8.64. The van der Waals surface area contributed by atoms with E-state index in [0.29, 0.717) is 0 Å². The van der Waals surface area contributed by atoms with Crippen LogP contribution in [0.4, 0.5) is 22.4 Å². The van der Waals surface area contributed by atoms with Gasteiger partial charge in [0.25, 0.3) is 0 Å². The van der Waals surface area contributed by atoms with Crippen molar-refractivity contribution in [1.29, 1.82) is 0 Å². The minimum Gasteiger partial charge on any atom is -0.488 e. The van der Waals surface area contributed by atoms with Crippen molar-refractivity contribution >= 4 is 18.1 Å². The molecule has 0 aromatic rings. The molecule has 0 aromatic carbocycles. The van der Waals surface area contributed by atoms with Crippen molar-refractivity contribution in [2.75, 3.05) is 0 Å². The fourth-order valence-corrected chi connectivity index (χ4v) is 2.51. The molecule has 0 radical (unpaired) electrons. The summed E-state index contributed by atoms with van der Waals surface area (Å²) in [6.07, 6.45) is -0.374. The maximum Gasteiger partial charge on any atom is 0.521 e. The van der Waals surface area contributed by atoms with Crippen LogP contribution < -0.4 is 0 Å². The summed E-state index contributed by atoms with van der Waals surface area (Å²) in [6.45, 7) is 27.0. The zero-order valence-corrected chi connectivity index (χ0v) is 24.6. The second kappa shape index (κ2) is 18.9. The highest BCUT2D eigenvalue weighted by atomic mass is 19.3. The number of hydrogen-bond acceptors (Lipinski definition) is 8. The van der Waals surface area contributed by atoms with Crippen LogP contribution in [-0.2, 0) is 33.3 Å². The fraction of sp³-hybridized carbons (Fsp3) is 0.156. The molecule has 0 aliphatic carbocycles. The molecule has 44 heavy (non-hydrogen) atoms. The lowest BCUT2D eigenvalue weighted by Gasteiger charge is -2.18. The number of halogens is 4. The Hall–Kier alpha value is -5.39. The molecular formula is C32H32F4O8. The van der Waals surface area contributed by atoms with Crippen molar-refractivity contribution in [2.45, 2.75) is 33.8 Å². The normalized spacial score (nSPS) is 12.2. The van der Waals surface area contributed by atoms with Crippen LogP contribution in [-0.4, -0.2) is 24.2 Å². The highest BCUT2D eigenvalue weighted by molar-refractivity contribution is 5.93. The first-order valence-electron chi connectivity index (χ1n) is 12.2. The Morgan fingerprint density at radius 1 is 0.659 bits per heavy atom. The number of carbonyl (C=O) groups excluding carboxylic acids is 3. The Labute approximate surface area is 252 Å². The van der Waals surface area contributed by atoms with E-state index in [-0.39, 0.29) is 63.2 Å². The van der Waals surface area contributed by atoms with Gasteiger partial charge in [-0.2, -0.15) is 17.6 Å². The molecule has 0 aliphatic heterocycles. The van der Waals surface area contributed by atoms with E-state index in [1.165, 1.54) is 52.0 Å². The predicted molar refractivity (Wildman–Crippen MR) is 156 cm³/mol. The van der Waals surface area contributed by atoms with Crippen molar-refractivity contribution in [3.63, 3.8) is 0 Å². The maximum absolute atomic E-state index is 13.0. The molecule has 0 saturated carbocycles. The van der Waals surface area contributed by atoms with Gasteiger partial charge < -0.3 is 23.7 Å². The van der Waals surface area contributed by atoms with E-state index in [1.54, 1.807) is 0 Å². The van der Waals surface area contributed by atoms with Gasteiger partial charge in [-0.05, 0) is 62.6 Å². The van der Waals surface area contributed by atoms with Gasteiger partial charge in [-0.1, -0.05) is 51.6 Å². The lowest BCUT2D eigenvalue weighted by atomic mass is 9.98. The summed E-state index contributed by atoms with van der Waals surface area (Å²) in [6, 6.07) is 0. The van der Waals surface area contributed by atoms with Crippen LogP contribution in [0.25, 0.3) is 0 Å². The number of carbonyl (C=O) groups is 3. The Bertz CT molecular complexity index is 1410. The zero-order valence-electron chi connectivity index (χ0n) is 24.6. The summed E-state index contributed by atoms with van der Waals surface area (Å²) in [5.74, 6) is -2.39. The molecule has 8 nitrogen and oxygen atoms in total. The van der Waals surface area contributed by atoms with Gasteiger partial charge in [0.05, 0.1) is 0 Å². The Morgan fingerprint density at radius 2 is 1.14 bits per heavy atom. The smallest absolute Gasteiger partial charge is 0.488 e. The number of hydrogen-bond donors (Lipinski definition) is 0. The van der Waals surface area contributed by atoms with Crippen LogP contribution in [0.3, 0.4) is 0 Å². The van der Waals surface area contributed by atoms with Crippen LogP contribution in [0.5, 0.6) is 0 Å². The van der Waals surface area contributed by atoms with E-state index in [0.717, 1.165) is 6.08 Å². The van der Waals surface area contributed by atoms with Gasteiger partial charge in [-0.3, -0.25) is 0 Å². The highest BCUT2D eigenvalue weighted by Crippen LogP contribution is 2.26. The van der Waals surface area contributed by atoms with Crippen LogP contribution in [0.2, 0.25) is 0 Å². The van der Waals surface area contributed by atoms with E-state index in [4.69, 9.17) is 18.9 Å². The second-order valence-corrected chi connectivity index (χ2v) is 8.64. The molecule has 0 fully saturated rings. The summed E-state index contributed by atoms with van der Waals surface area (Å²) in [5.41, 5.74) is 0.495. The molecule has 0 rings (SSSR count). The van der Waals surface area contributed by atoms with Crippen LogP contribution in [0, 0.1) is 0 Å². The van der Waals surface area contributed by atoms with Gasteiger partial charge in [0.2, 0.25) is 0 Å².